The lowest BCUT2D eigenvalue weighted by atomic mass is 10.2. The number of aromatic amines is 1. The maximum atomic E-state index is 12.1. The fourth-order valence-electron chi connectivity index (χ4n) is 2.06. The first-order valence-corrected chi connectivity index (χ1v) is 7.82. The summed E-state index contributed by atoms with van der Waals surface area (Å²) in [5.41, 5.74) is 0.650. The van der Waals surface area contributed by atoms with Crippen LogP contribution in [0.5, 0.6) is 5.88 Å². The molecule has 6 heteroatoms. The van der Waals surface area contributed by atoms with Crippen LogP contribution in [-0.4, -0.2) is 14.9 Å². The molecule has 2 N–H and O–H groups in total. The second kappa shape index (κ2) is 6.34. The van der Waals surface area contributed by atoms with Crippen molar-refractivity contribution in [2.75, 3.05) is 0 Å². The molecule has 0 amide bonds. The van der Waals surface area contributed by atoms with Crippen LogP contribution in [0.15, 0.2) is 69.2 Å². The van der Waals surface area contributed by atoms with Crippen LogP contribution >= 0.6 is 23.4 Å². The Bertz CT molecular complexity index is 843. The number of aromatic hydroxyl groups is 1. The van der Waals surface area contributed by atoms with E-state index in [2.05, 4.69) is 5.10 Å². The molecule has 0 aliphatic rings. The number of halogens is 1. The summed E-state index contributed by atoms with van der Waals surface area (Å²) in [5.74, 6) is -0.0845. The van der Waals surface area contributed by atoms with Crippen molar-refractivity contribution in [3.63, 3.8) is 0 Å². The first-order chi connectivity index (χ1) is 10.6. The SMILES string of the molecule is O=c1[nH]n(Cc2ccccc2)c(O)c1Sc1ccccc1Cl. The van der Waals surface area contributed by atoms with Crippen molar-refractivity contribution in [1.29, 1.82) is 0 Å². The van der Waals surface area contributed by atoms with Crippen molar-refractivity contribution in [3.8, 4) is 5.88 Å². The summed E-state index contributed by atoms with van der Waals surface area (Å²) in [6, 6.07) is 16.8. The molecule has 3 rings (SSSR count). The molecule has 22 heavy (non-hydrogen) atoms. The number of aromatic nitrogens is 2. The van der Waals surface area contributed by atoms with E-state index in [1.54, 1.807) is 12.1 Å². The van der Waals surface area contributed by atoms with Crippen molar-refractivity contribution in [3.05, 3.63) is 75.5 Å². The zero-order chi connectivity index (χ0) is 15.5. The molecule has 0 saturated carbocycles. The highest BCUT2D eigenvalue weighted by atomic mass is 35.5. The van der Waals surface area contributed by atoms with E-state index in [-0.39, 0.29) is 16.3 Å². The summed E-state index contributed by atoms with van der Waals surface area (Å²) < 4.78 is 1.43. The topological polar surface area (TPSA) is 58.0 Å². The Balaban J connectivity index is 1.91. The average Bonchev–Trinajstić information content (AvgIpc) is 2.78. The highest BCUT2D eigenvalue weighted by Crippen LogP contribution is 2.35. The number of benzene rings is 2. The summed E-state index contributed by atoms with van der Waals surface area (Å²) in [6.45, 7) is 0.394. The molecular formula is C16H13ClN2O2S. The maximum Gasteiger partial charge on any atom is 0.282 e. The third kappa shape index (κ3) is 3.05. The van der Waals surface area contributed by atoms with E-state index < -0.39 is 0 Å². The minimum atomic E-state index is -0.335. The van der Waals surface area contributed by atoms with Gasteiger partial charge < -0.3 is 5.11 Å². The zero-order valence-corrected chi connectivity index (χ0v) is 13.1. The van der Waals surface area contributed by atoms with Gasteiger partial charge in [-0.25, -0.2) is 4.68 Å². The average molecular weight is 333 g/mol. The van der Waals surface area contributed by atoms with Crippen LogP contribution in [0.1, 0.15) is 5.56 Å². The second-order valence-electron chi connectivity index (χ2n) is 4.70. The summed E-state index contributed by atoms with van der Waals surface area (Å²) in [5, 5.41) is 13.5. The smallest absolute Gasteiger partial charge is 0.282 e. The van der Waals surface area contributed by atoms with Gasteiger partial charge >= 0.3 is 0 Å². The Kier molecular flexibility index (Phi) is 4.27. The van der Waals surface area contributed by atoms with Gasteiger partial charge in [0, 0.05) is 4.90 Å². The van der Waals surface area contributed by atoms with Crippen molar-refractivity contribution in [2.24, 2.45) is 0 Å². The van der Waals surface area contributed by atoms with Crippen molar-refractivity contribution >= 4 is 23.4 Å². The quantitative estimate of drug-likeness (QED) is 0.765. The highest BCUT2D eigenvalue weighted by molar-refractivity contribution is 7.99. The predicted molar refractivity (Wildman–Crippen MR) is 87.8 cm³/mol. The number of rotatable bonds is 4. The largest absolute Gasteiger partial charge is 0.493 e. The van der Waals surface area contributed by atoms with Gasteiger partial charge in [0.05, 0.1) is 11.6 Å². The molecule has 1 aromatic heterocycles. The molecule has 0 spiro atoms. The molecule has 0 fully saturated rings. The summed E-state index contributed by atoms with van der Waals surface area (Å²) in [6.07, 6.45) is 0. The lowest BCUT2D eigenvalue weighted by Crippen LogP contribution is -2.07. The Morgan fingerprint density at radius 3 is 2.50 bits per heavy atom. The van der Waals surface area contributed by atoms with E-state index in [1.165, 1.54) is 4.68 Å². The van der Waals surface area contributed by atoms with Crippen molar-refractivity contribution in [2.45, 2.75) is 16.3 Å². The van der Waals surface area contributed by atoms with Crippen LogP contribution in [0, 0.1) is 0 Å². The first kappa shape index (κ1) is 14.8. The molecule has 1 heterocycles. The van der Waals surface area contributed by atoms with Gasteiger partial charge in [0.2, 0.25) is 5.88 Å². The molecule has 0 aliphatic heterocycles. The fourth-order valence-corrected chi connectivity index (χ4v) is 3.18. The molecule has 112 valence electrons. The summed E-state index contributed by atoms with van der Waals surface area (Å²) in [4.78, 5) is 13.0. The lowest BCUT2D eigenvalue weighted by Gasteiger charge is -2.05. The van der Waals surface area contributed by atoms with E-state index in [9.17, 15) is 9.90 Å². The minimum absolute atomic E-state index is 0.0845. The zero-order valence-electron chi connectivity index (χ0n) is 11.5. The van der Waals surface area contributed by atoms with E-state index in [1.807, 2.05) is 42.5 Å². The van der Waals surface area contributed by atoms with Crippen LogP contribution in [0.25, 0.3) is 0 Å². The Labute approximate surface area is 136 Å². The molecule has 2 aromatic carbocycles. The molecule has 0 saturated heterocycles. The molecule has 4 nitrogen and oxygen atoms in total. The van der Waals surface area contributed by atoms with Gasteiger partial charge in [0.25, 0.3) is 5.56 Å². The number of hydrogen-bond acceptors (Lipinski definition) is 3. The maximum absolute atomic E-state index is 12.1. The first-order valence-electron chi connectivity index (χ1n) is 6.63. The fraction of sp³-hybridized carbons (Fsp3) is 0.0625. The van der Waals surface area contributed by atoms with E-state index in [0.717, 1.165) is 22.2 Å². The van der Waals surface area contributed by atoms with Crippen LogP contribution < -0.4 is 5.56 Å². The number of H-pyrrole nitrogens is 1. The summed E-state index contributed by atoms with van der Waals surface area (Å²) >= 11 is 7.25. The molecule has 0 bridgehead atoms. The molecule has 0 aliphatic carbocycles. The van der Waals surface area contributed by atoms with Gasteiger partial charge in [-0.2, -0.15) is 0 Å². The highest BCUT2D eigenvalue weighted by Gasteiger charge is 2.16. The molecular weight excluding hydrogens is 320 g/mol. The van der Waals surface area contributed by atoms with Gasteiger partial charge in [-0.3, -0.25) is 9.89 Å². The standard InChI is InChI=1S/C16H13ClN2O2S/c17-12-8-4-5-9-13(12)22-14-15(20)18-19(16(14)21)10-11-6-2-1-3-7-11/h1-9,21H,10H2,(H,18,20). The monoisotopic (exact) mass is 332 g/mol. The van der Waals surface area contributed by atoms with Gasteiger partial charge in [0.1, 0.15) is 4.90 Å². The minimum Gasteiger partial charge on any atom is -0.493 e. The van der Waals surface area contributed by atoms with Crippen LogP contribution in [-0.2, 0) is 6.54 Å². The van der Waals surface area contributed by atoms with Gasteiger partial charge in [-0.05, 0) is 17.7 Å². The Hall–Kier alpha value is -2.11. The Morgan fingerprint density at radius 2 is 1.77 bits per heavy atom. The van der Waals surface area contributed by atoms with Crippen LogP contribution in [0.3, 0.4) is 0 Å². The lowest BCUT2D eigenvalue weighted by molar-refractivity contribution is 0.399. The predicted octanol–water partition coefficient (Wildman–Crippen LogP) is 3.73. The molecule has 0 unspecified atom stereocenters. The number of nitrogens with one attached hydrogen (secondary N) is 1. The van der Waals surface area contributed by atoms with Crippen LogP contribution in [0.4, 0.5) is 0 Å². The molecule has 3 aromatic rings. The van der Waals surface area contributed by atoms with Crippen molar-refractivity contribution < 1.29 is 5.11 Å². The third-order valence-electron chi connectivity index (χ3n) is 3.13. The van der Waals surface area contributed by atoms with Gasteiger partial charge in [-0.1, -0.05) is 65.8 Å². The van der Waals surface area contributed by atoms with Gasteiger partial charge in [-0.15, -0.1) is 0 Å². The second-order valence-corrected chi connectivity index (χ2v) is 6.16. The Morgan fingerprint density at radius 1 is 1.09 bits per heavy atom. The van der Waals surface area contributed by atoms with Crippen molar-refractivity contribution in [1.82, 2.24) is 9.78 Å². The van der Waals surface area contributed by atoms with Gasteiger partial charge in [0.15, 0.2) is 0 Å². The third-order valence-corrected chi connectivity index (χ3v) is 4.72. The number of nitrogens with zero attached hydrogens (tertiary/aromatic N) is 1. The summed E-state index contributed by atoms with van der Waals surface area (Å²) in [7, 11) is 0. The van der Waals surface area contributed by atoms with Crippen LogP contribution in [0.2, 0.25) is 5.02 Å². The number of hydrogen-bond donors (Lipinski definition) is 2. The van der Waals surface area contributed by atoms with E-state index in [4.69, 9.17) is 11.6 Å². The molecule has 0 atom stereocenters. The van der Waals surface area contributed by atoms with E-state index in [0.29, 0.717) is 11.6 Å². The molecule has 0 radical (unpaired) electrons. The normalized spacial score (nSPS) is 10.8. The van der Waals surface area contributed by atoms with E-state index >= 15 is 0 Å².